The minimum absolute atomic E-state index is 0.00942. The molecule has 30 heavy (non-hydrogen) atoms. The number of rotatable bonds is 2. The molecular formula is C23H24N6O. The normalized spacial score (nSPS) is 23.5. The van der Waals surface area contributed by atoms with Gasteiger partial charge in [-0.15, -0.1) is 0 Å². The number of fused-ring (bicyclic) bond motifs is 4. The Kier molecular flexibility index (Phi) is 3.83. The SMILES string of the molecule is Cc1cn2nc(-c3ccc4c(=O)n(C5CC6CCC(C5)N6)ncc4c3)cc(C)c2n1. The number of nitrogens with zero attached hydrogens (tertiary/aromatic N) is 5. The van der Waals surface area contributed by atoms with Gasteiger partial charge in [-0.3, -0.25) is 4.79 Å². The van der Waals surface area contributed by atoms with E-state index in [1.54, 1.807) is 4.68 Å². The quantitative estimate of drug-likeness (QED) is 0.559. The van der Waals surface area contributed by atoms with Crippen LogP contribution in [0.4, 0.5) is 0 Å². The maximum absolute atomic E-state index is 13.2. The number of imidazole rings is 1. The first-order chi connectivity index (χ1) is 14.5. The van der Waals surface area contributed by atoms with Gasteiger partial charge in [-0.05, 0) is 63.3 Å². The molecule has 0 amide bonds. The summed E-state index contributed by atoms with van der Waals surface area (Å²) >= 11 is 0. The lowest BCUT2D eigenvalue weighted by Crippen LogP contribution is -2.41. The molecule has 2 saturated heterocycles. The molecule has 1 aromatic carbocycles. The molecule has 2 aliphatic heterocycles. The highest BCUT2D eigenvalue weighted by atomic mass is 16.1. The Morgan fingerprint density at radius 1 is 1.10 bits per heavy atom. The van der Waals surface area contributed by atoms with Gasteiger partial charge in [-0.25, -0.2) is 14.2 Å². The van der Waals surface area contributed by atoms with E-state index in [4.69, 9.17) is 5.10 Å². The minimum atomic E-state index is 0.00942. The number of piperidine rings is 1. The van der Waals surface area contributed by atoms with Gasteiger partial charge in [0.15, 0.2) is 5.65 Å². The van der Waals surface area contributed by atoms with Crippen molar-refractivity contribution in [3.63, 3.8) is 0 Å². The van der Waals surface area contributed by atoms with Crippen LogP contribution in [-0.4, -0.2) is 36.5 Å². The van der Waals surface area contributed by atoms with Crippen LogP contribution in [0, 0.1) is 13.8 Å². The molecule has 7 heteroatoms. The highest BCUT2D eigenvalue weighted by Crippen LogP contribution is 2.33. The third-order valence-corrected chi connectivity index (χ3v) is 6.63. The van der Waals surface area contributed by atoms with Crippen molar-refractivity contribution in [2.75, 3.05) is 0 Å². The van der Waals surface area contributed by atoms with E-state index in [0.717, 1.165) is 51.8 Å². The van der Waals surface area contributed by atoms with Gasteiger partial charge in [0.2, 0.25) is 0 Å². The number of nitrogens with one attached hydrogen (secondary N) is 1. The van der Waals surface area contributed by atoms with E-state index >= 15 is 0 Å². The smallest absolute Gasteiger partial charge is 0.274 e. The second-order valence-corrected chi connectivity index (χ2v) is 8.82. The van der Waals surface area contributed by atoms with Gasteiger partial charge in [-0.1, -0.05) is 6.07 Å². The molecule has 2 atom stereocenters. The van der Waals surface area contributed by atoms with Gasteiger partial charge in [0.25, 0.3) is 5.56 Å². The van der Waals surface area contributed by atoms with E-state index < -0.39 is 0 Å². The van der Waals surface area contributed by atoms with E-state index in [0.29, 0.717) is 12.1 Å². The summed E-state index contributed by atoms with van der Waals surface area (Å²) in [5.41, 5.74) is 4.73. The van der Waals surface area contributed by atoms with Crippen molar-refractivity contribution in [2.24, 2.45) is 0 Å². The molecule has 2 bridgehead atoms. The Labute approximate surface area is 173 Å². The maximum Gasteiger partial charge on any atom is 0.274 e. The Morgan fingerprint density at radius 2 is 1.90 bits per heavy atom. The van der Waals surface area contributed by atoms with Gasteiger partial charge < -0.3 is 5.32 Å². The highest BCUT2D eigenvalue weighted by Gasteiger charge is 2.35. The Balaban J connectivity index is 1.41. The third-order valence-electron chi connectivity index (χ3n) is 6.63. The molecule has 4 aromatic rings. The van der Waals surface area contributed by atoms with E-state index in [9.17, 15) is 4.79 Å². The fourth-order valence-electron chi connectivity index (χ4n) is 5.20. The van der Waals surface area contributed by atoms with Crippen molar-refractivity contribution in [3.8, 4) is 11.3 Å². The topological polar surface area (TPSA) is 77.1 Å². The van der Waals surface area contributed by atoms with E-state index in [1.165, 1.54) is 12.8 Å². The van der Waals surface area contributed by atoms with Crippen LogP contribution in [0.1, 0.15) is 43.0 Å². The molecule has 0 saturated carbocycles. The van der Waals surface area contributed by atoms with Gasteiger partial charge in [0.1, 0.15) is 0 Å². The molecule has 152 valence electrons. The van der Waals surface area contributed by atoms with Crippen LogP contribution in [0.3, 0.4) is 0 Å². The summed E-state index contributed by atoms with van der Waals surface area (Å²) in [4.78, 5) is 17.7. The first-order valence-corrected chi connectivity index (χ1v) is 10.7. The summed E-state index contributed by atoms with van der Waals surface area (Å²) in [7, 11) is 0. The largest absolute Gasteiger partial charge is 0.311 e. The van der Waals surface area contributed by atoms with Crippen LogP contribution in [-0.2, 0) is 0 Å². The van der Waals surface area contributed by atoms with Gasteiger partial charge in [-0.2, -0.15) is 10.2 Å². The van der Waals surface area contributed by atoms with E-state index in [-0.39, 0.29) is 11.6 Å². The highest BCUT2D eigenvalue weighted by molar-refractivity contribution is 5.85. The summed E-state index contributed by atoms with van der Waals surface area (Å²) in [5, 5.41) is 14.5. The van der Waals surface area contributed by atoms with Crippen LogP contribution < -0.4 is 10.9 Å². The standard InChI is InChI=1S/C23H24N6O/c1-13-7-21(27-28-12-14(2)25-22(13)28)15-3-6-20-16(8-15)11-24-29(23(20)30)19-9-17-4-5-18(10-19)26-17/h3,6-8,11-12,17-19,26H,4-5,9-10H2,1-2H3. The Bertz CT molecular complexity index is 1340. The zero-order chi connectivity index (χ0) is 20.4. The fraction of sp³-hybridized carbons (Fsp3) is 0.391. The number of benzene rings is 1. The molecule has 0 radical (unpaired) electrons. The summed E-state index contributed by atoms with van der Waals surface area (Å²) < 4.78 is 3.54. The zero-order valence-electron chi connectivity index (χ0n) is 17.2. The van der Waals surface area contributed by atoms with Crippen LogP contribution >= 0.6 is 0 Å². The van der Waals surface area contributed by atoms with E-state index in [1.807, 2.05) is 55.0 Å². The Hall–Kier alpha value is -3.06. The number of aryl methyl sites for hydroxylation is 2. The molecule has 2 aliphatic rings. The fourth-order valence-corrected chi connectivity index (χ4v) is 5.20. The molecule has 3 aromatic heterocycles. The lowest BCUT2D eigenvalue weighted by molar-refractivity contribution is 0.275. The molecule has 0 aliphatic carbocycles. The summed E-state index contributed by atoms with van der Waals surface area (Å²) in [5.74, 6) is 0. The van der Waals surface area contributed by atoms with Gasteiger partial charge in [0, 0.05) is 23.0 Å². The van der Waals surface area contributed by atoms with Crippen molar-refractivity contribution in [3.05, 3.63) is 58.3 Å². The van der Waals surface area contributed by atoms with Gasteiger partial charge in [0.05, 0.1) is 35.2 Å². The summed E-state index contributed by atoms with van der Waals surface area (Å²) in [6.07, 6.45) is 8.15. The van der Waals surface area contributed by atoms with Crippen molar-refractivity contribution in [1.82, 2.24) is 29.7 Å². The maximum atomic E-state index is 13.2. The molecule has 6 rings (SSSR count). The lowest BCUT2D eigenvalue weighted by Gasteiger charge is -2.29. The van der Waals surface area contributed by atoms with Gasteiger partial charge >= 0.3 is 0 Å². The first-order valence-electron chi connectivity index (χ1n) is 10.7. The van der Waals surface area contributed by atoms with Crippen LogP contribution in [0.2, 0.25) is 0 Å². The van der Waals surface area contributed by atoms with Crippen molar-refractivity contribution in [2.45, 2.75) is 57.7 Å². The van der Waals surface area contributed by atoms with Crippen molar-refractivity contribution < 1.29 is 0 Å². The van der Waals surface area contributed by atoms with Crippen LogP contribution in [0.25, 0.3) is 27.7 Å². The second kappa shape index (κ2) is 6.47. The predicted octanol–water partition coefficient (Wildman–Crippen LogP) is 3.18. The van der Waals surface area contributed by atoms with Crippen LogP contribution in [0.5, 0.6) is 0 Å². The predicted molar refractivity (Wildman–Crippen MR) is 116 cm³/mol. The second-order valence-electron chi connectivity index (χ2n) is 8.82. The monoisotopic (exact) mass is 400 g/mol. The number of hydrogen-bond donors (Lipinski definition) is 1. The molecule has 5 heterocycles. The molecule has 0 spiro atoms. The molecule has 1 N–H and O–H groups in total. The first kappa shape index (κ1) is 17.8. The minimum Gasteiger partial charge on any atom is -0.311 e. The average Bonchev–Trinajstić information content (AvgIpc) is 3.28. The molecule has 2 unspecified atom stereocenters. The number of aromatic nitrogens is 5. The molecule has 7 nitrogen and oxygen atoms in total. The third kappa shape index (κ3) is 2.76. The van der Waals surface area contributed by atoms with Crippen molar-refractivity contribution in [1.29, 1.82) is 0 Å². The zero-order valence-corrected chi connectivity index (χ0v) is 17.2. The summed E-state index contributed by atoms with van der Waals surface area (Å²) in [6.45, 7) is 4.01. The van der Waals surface area contributed by atoms with E-state index in [2.05, 4.69) is 15.4 Å². The average molecular weight is 400 g/mol. The van der Waals surface area contributed by atoms with Crippen molar-refractivity contribution >= 4 is 16.4 Å². The molecular weight excluding hydrogens is 376 g/mol. The Morgan fingerprint density at radius 3 is 2.70 bits per heavy atom. The van der Waals surface area contributed by atoms with Crippen LogP contribution in [0.15, 0.2) is 41.5 Å². The number of hydrogen-bond acceptors (Lipinski definition) is 5. The lowest BCUT2D eigenvalue weighted by atomic mass is 9.99. The molecule has 2 fully saturated rings. The summed E-state index contributed by atoms with van der Waals surface area (Å²) in [6, 6.07) is 9.20.